The smallest absolute Gasteiger partial charge is 0.269 e. The lowest BCUT2D eigenvalue weighted by Crippen LogP contribution is -2.38. The molecule has 0 fully saturated rings. The van der Waals surface area contributed by atoms with Gasteiger partial charge in [0.05, 0.1) is 17.2 Å². The average molecular weight is 355 g/mol. The highest BCUT2D eigenvalue weighted by molar-refractivity contribution is 6.00. The maximum atomic E-state index is 12.3. The molecule has 0 unspecified atom stereocenters. The van der Waals surface area contributed by atoms with E-state index < -0.39 is 4.92 Å². The number of anilines is 1. The van der Waals surface area contributed by atoms with E-state index >= 15 is 0 Å². The predicted octanol–water partition coefficient (Wildman–Crippen LogP) is 2.22. The molecule has 26 heavy (non-hydrogen) atoms. The second kappa shape index (κ2) is 6.83. The minimum atomic E-state index is -0.474. The summed E-state index contributed by atoms with van der Waals surface area (Å²) in [5.41, 5.74) is 1.59. The molecule has 1 heterocycles. The van der Waals surface area contributed by atoms with Crippen LogP contribution in [0.5, 0.6) is 5.75 Å². The second-order valence-electron chi connectivity index (χ2n) is 6.08. The van der Waals surface area contributed by atoms with Gasteiger partial charge in [-0.15, -0.1) is 0 Å². The lowest BCUT2D eigenvalue weighted by molar-refractivity contribution is -0.384. The Hall–Kier alpha value is -3.42. The summed E-state index contributed by atoms with van der Waals surface area (Å²) < 4.78 is 5.47. The summed E-state index contributed by atoms with van der Waals surface area (Å²) in [4.78, 5) is 37.8. The Morgan fingerprint density at radius 1 is 1.27 bits per heavy atom. The van der Waals surface area contributed by atoms with Gasteiger partial charge in [-0.05, 0) is 23.8 Å². The van der Waals surface area contributed by atoms with Crippen LogP contribution in [0.2, 0.25) is 0 Å². The molecule has 0 N–H and O–H groups in total. The first kappa shape index (κ1) is 17.4. The number of nitrogens with zero attached hydrogens (tertiary/aromatic N) is 3. The lowest BCUT2D eigenvalue weighted by atomic mass is 10.1. The van der Waals surface area contributed by atoms with E-state index in [9.17, 15) is 19.7 Å². The maximum absolute atomic E-state index is 12.3. The monoisotopic (exact) mass is 355 g/mol. The summed E-state index contributed by atoms with van der Waals surface area (Å²) in [7, 11) is 3.31. The average Bonchev–Trinajstić information content (AvgIpc) is 2.63. The molecule has 0 bridgehead atoms. The van der Waals surface area contributed by atoms with Crippen LogP contribution in [0.1, 0.15) is 15.9 Å². The van der Waals surface area contributed by atoms with Crippen LogP contribution in [-0.4, -0.2) is 42.3 Å². The number of rotatable bonds is 4. The number of carbonyl (C=O) groups excluding carboxylic acids is 2. The molecule has 0 spiro atoms. The van der Waals surface area contributed by atoms with Crippen LogP contribution >= 0.6 is 0 Å². The maximum Gasteiger partial charge on any atom is 0.269 e. The van der Waals surface area contributed by atoms with E-state index in [-0.39, 0.29) is 30.7 Å². The predicted molar refractivity (Wildman–Crippen MR) is 94.2 cm³/mol. The van der Waals surface area contributed by atoms with E-state index in [0.29, 0.717) is 22.6 Å². The molecule has 2 amide bonds. The highest BCUT2D eigenvalue weighted by Crippen LogP contribution is 2.34. The zero-order valence-corrected chi connectivity index (χ0v) is 14.3. The van der Waals surface area contributed by atoms with Gasteiger partial charge in [0.25, 0.3) is 17.5 Å². The highest BCUT2D eigenvalue weighted by atomic mass is 16.6. The van der Waals surface area contributed by atoms with Crippen LogP contribution in [0, 0.1) is 10.1 Å². The molecule has 2 aromatic carbocycles. The molecule has 0 aliphatic carbocycles. The molecule has 1 aliphatic heterocycles. The van der Waals surface area contributed by atoms with E-state index in [4.69, 9.17) is 4.74 Å². The highest BCUT2D eigenvalue weighted by Gasteiger charge is 2.27. The molecule has 3 rings (SSSR count). The van der Waals surface area contributed by atoms with Crippen LogP contribution in [0.3, 0.4) is 0 Å². The third-order valence-corrected chi connectivity index (χ3v) is 4.02. The fraction of sp³-hybridized carbons (Fsp3) is 0.222. The van der Waals surface area contributed by atoms with Crippen molar-refractivity contribution in [2.24, 2.45) is 0 Å². The Labute approximate surface area is 149 Å². The first-order valence-corrected chi connectivity index (χ1v) is 7.89. The summed E-state index contributed by atoms with van der Waals surface area (Å²) in [6, 6.07) is 11.0. The van der Waals surface area contributed by atoms with Crippen LogP contribution in [0.4, 0.5) is 11.4 Å². The summed E-state index contributed by atoms with van der Waals surface area (Å²) >= 11 is 0. The molecule has 0 aromatic heterocycles. The summed E-state index contributed by atoms with van der Waals surface area (Å²) in [6.07, 6.45) is 0. The fourth-order valence-electron chi connectivity index (χ4n) is 2.72. The van der Waals surface area contributed by atoms with Crippen LogP contribution < -0.4 is 9.64 Å². The number of amides is 2. The second-order valence-corrected chi connectivity index (χ2v) is 6.08. The molecular weight excluding hydrogens is 338 g/mol. The molecule has 8 nitrogen and oxygen atoms in total. The van der Waals surface area contributed by atoms with Crippen LogP contribution in [0.25, 0.3) is 0 Å². The van der Waals surface area contributed by atoms with Crippen molar-refractivity contribution in [2.75, 3.05) is 25.6 Å². The first-order chi connectivity index (χ1) is 12.4. The van der Waals surface area contributed by atoms with Gasteiger partial charge in [0.2, 0.25) is 0 Å². The molecule has 1 aliphatic rings. The molecule has 134 valence electrons. The molecule has 0 atom stereocenters. The van der Waals surface area contributed by atoms with Crippen LogP contribution in [0.15, 0.2) is 42.5 Å². The number of fused-ring (bicyclic) bond motifs is 1. The lowest BCUT2D eigenvalue weighted by Gasteiger charge is -2.29. The van der Waals surface area contributed by atoms with Crippen LogP contribution in [-0.2, 0) is 11.3 Å². The molecule has 0 radical (unpaired) electrons. The minimum absolute atomic E-state index is 0.0321. The fourth-order valence-corrected chi connectivity index (χ4v) is 2.72. The van der Waals surface area contributed by atoms with Crippen molar-refractivity contribution >= 4 is 23.2 Å². The van der Waals surface area contributed by atoms with Crippen molar-refractivity contribution in [1.29, 1.82) is 0 Å². The summed E-state index contributed by atoms with van der Waals surface area (Å²) in [5, 5.41) is 10.9. The summed E-state index contributed by atoms with van der Waals surface area (Å²) in [5.74, 6) is 0.0111. The third-order valence-electron chi connectivity index (χ3n) is 4.02. The number of ether oxygens (including phenoxy) is 1. The zero-order valence-electron chi connectivity index (χ0n) is 14.3. The topological polar surface area (TPSA) is 93.0 Å². The number of benzene rings is 2. The van der Waals surface area contributed by atoms with Crippen molar-refractivity contribution in [2.45, 2.75) is 6.54 Å². The minimum Gasteiger partial charge on any atom is -0.482 e. The SMILES string of the molecule is CN(C)C(=O)c1ccc2c(c1)OCC(=O)N2Cc1cccc([N+](=O)[O-])c1. The number of hydrogen-bond donors (Lipinski definition) is 0. The van der Waals surface area contributed by atoms with E-state index in [1.54, 1.807) is 44.4 Å². The van der Waals surface area contributed by atoms with Gasteiger partial charge in [-0.3, -0.25) is 19.7 Å². The Bertz CT molecular complexity index is 894. The quantitative estimate of drug-likeness (QED) is 0.619. The largest absolute Gasteiger partial charge is 0.482 e. The van der Waals surface area contributed by atoms with E-state index in [2.05, 4.69) is 0 Å². The third kappa shape index (κ3) is 3.34. The van der Waals surface area contributed by atoms with E-state index in [1.165, 1.54) is 21.9 Å². The molecular formula is C18H17N3O5. The Balaban J connectivity index is 1.92. The number of hydrogen-bond acceptors (Lipinski definition) is 5. The molecule has 8 heteroatoms. The first-order valence-electron chi connectivity index (χ1n) is 7.89. The standard InChI is InChI=1S/C18H17N3O5/c1-19(2)18(23)13-6-7-15-16(9-13)26-11-17(22)20(15)10-12-4-3-5-14(8-12)21(24)25/h3-9H,10-11H2,1-2H3. The van der Waals surface area contributed by atoms with Gasteiger partial charge in [0.15, 0.2) is 6.61 Å². The summed E-state index contributed by atoms with van der Waals surface area (Å²) in [6.45, 7) is 0.0272. The van der Waals surface area contributed by atoms with Crippen molar-refractivity contribution in [3.8, 4) is 5.75 Å². The zero-order chi connectivity index (χ0) is 18.8. The Kier molecular flexibility index (Phi) is 4.57. The van der Waals surface area contributed by atoms with Crippen molar-refractivity contribution in [3.05, 3.63) is 63.7 Å². The van der Waals surface area contributed by atoms with Gasteiger partial charge < -0.3 is 14.5 Å². The van der Waals surface area contributed by atoms with Crippen molar-refractivity contribution < 1.29 is 19.2 Å². The normalized spacial score (nSPS) is 13.0. The number of nitro groups is 1. The number of carbonyl (C=O) groups is 2. The van der Waals surface area contributed by atoms with Gasteiger partial charge in [-0.1, -0.05) is 12.1 Å². The van der Waals surface area contributed by atoms with E-state index in [0.717, 1.165) is 0 Å². The number of nitro benzene ring substituents is 1. The van der Waals surface area contributed by atoms with Crippen molar-refractivity contribution in [1.82, 2.24) is 4.90 Å². The Morgan fingerprint density at radius 2 is 2.04 bits per heavy atom. The van der Waals surface area contributed by atoms with Gasteiger partial charge in [0, 0.05) is 31.8 Å². The number of non-ortho nitro benzene ring substituents is 1. The molecule has 2 aromatic rings. The van der Waals surface area contributed by atoms with Gasteiger partial charge >= 0.3 is 0 Å². The van der Waals surface area contributed by atoms with Gasteiger partial charge in [-0.2, -0.15) is 0 Å². The Morgan fingerprint density at radius 3 is 2.73 bits per heavy atom. The van der Waals surface area contributed by atoms with Crippen molar-refractivity contribution in [3.63, 3.8) is 0 Å². The molecule has 0 saturated carbocycles. The molecule has 0 saturated heterocycles. The van der Waals surface area contributed by atoms with E-state index in [1.807, 2.05) is 0 Å². The van der Waals surface area contributed by atoms with Gasteiger partial charge in [0.1, 0.15) is 5.75 Å². The van der Waals surface area contributed by atoms with Gasteiger partial charge in [-0.25, -0.2) is 0 Å².